The number of rotatable bonds is 54. The van der Waals surface area contributed by atoms with E-state index in [-0.39, 0.29) is 108 Å². The maximum atomic E-state index is 14.5. The Hall–Kier alpha value is -9.77. The number of unbranched alkanes of at least 4 members (excludes halogenated alkanes) is 1. The van der Waals surface area contributed by atoms with Crippen LogP contribution in [0.3, 0.4) is 0 Å². The lowest BCUT2D eigenvalue weighted by Gasteiger charge is -2.30. The first-order valence-electron chi connectivity index (χ1n) is 35.2. The normalized spacial score (nSPS) is 15.2. The fourth-order valence-corrected chi connectivity index (χ4v) is 10.3. The van der Waals surface area contributed by atoms with Crippen LogP contribution in [0.4, 0.5) is 0 Å². The van der Waals surface area contributed by atoms with E-state index < -0.39 is 211 Å². The van der Waals surface area contributed by atoms with Gasteiger partial charge in [0.2, 0.25) is 76.8 Å². The van der Waals surface area contributed by atoms with E-state index >= 15 is 0 Å². The Kier molecular flexibility index (Phi) is 45.9. The van der Waals surface area contributed by atoms with Gasteiger partial charge in [0, 0.05) is 32.5 Å². The lowest BCUT2D eigenvalue weighted by Crippen LogP contribution is -2.62. The standard InChI is InChI=1S/C64H120N24O17/c1-10-34(8)48(60(103)81-39(19-15-27-77-64(73)74)54(97)88-49(35(9)90)61(104)105)87-58(101)44(30-89)85-57(100)43(29-32(4)5)84-53(96)40(20-22-45(67)91)82-59(102)47(33(6)7)86-55(98)41(21-23-46(68)92)80-56(99)42(28-31(2)3)83-52(95)38(18-14-26-76-63(71)72)79-51(94)37(17-11-12-24-65)78-50(93)36(66)16-13-25-75-62(69)70/h31-44,47-49,89-90H,10-30,65-66H2,1-9H3,(H2,67,91)(H2,68,92)(H,78,93)(H,79,94)(H,80,99)(H,81,103)(H,82,102)(H,83,95)(H,84,96)(H,85,100)(H,86,98)(H,87,101)(H,88,97)(H,104,105)(H4,69,70,75)(H4,71,72,76)(H4,73,74,77)/t34-,35+,36-,37-,38-,39-,40-,41-,42-,43-,44-,47-,48-,49-/m0/s1. The molecule has 0 saturated heterocycles. The Labute approximate surface area is 612 Å². The summed E-state index contributed by atoms with van der Waals surface area (Å²) < 4.78 is 0. The molecule has 41 heteroatoms. The number of hydrogen-bond acceptors (Lipinski definition) is 21. The predicted octanol–water partition coefficient (Wildman–Crippen LogP) is -7.65. The number of aliphatic hydroxyl groups excluding tert-OH is 2. The summed E-state index contributed by atoms with van der Waals surface area (Å²) in [4.78, 5) is 191. The van der Waals surface area contributed by atoms with Crippen molar-refractivity contribution in [2.24, 2.45) is 63.8 Å². The highest BCUT2D eigenvalue weighted by Gasteiger charge is 2.39. The summed E-state index contributed by atoms with van der Waals surface area (Å²) in [5, 5.41) is 87.8. The van der Waals surface area contributed by atoms with Crippen LogP contribution >= 0.6 is 0 Å². The second-order valence-corrected chi connectivity index (χ2v) is 26.9. The minimum atomic E-state index is -1.81. The number of nitrogens with one attached hydrogen (secondary N) is 17. The molecule has 0 fully saturated rings. The molecule has 14 atom stereocenters. The van der Waals surface area contributed by atoms with Gasteiger partial charge >= 0.3 is 5.97 Å². The summed E-state index contributed by atoms with van der Waals surface area (Å²) in [6, 6.07) is -18.1. The van der Waals surface area contributed by atoms with Gasteiger partial charge in [0.1, 0.15) is 60.4 Å². The first-order chi connectivity index (χ1) is 49.1. The van der Waals surface area contributed by atoms with Gasteiger partial charge in [-0.25, -0.2) is 4.79 Å². The number of nitrogens with two attached hydrogens (primary N) is 7. The molecule has 0 aromatic rings. The molecule has 0 aromatic heterocycles. The number of carbonyl (C=O) groups is 14. The number of carboxylic acids is 1. The van der Waals surface area contributed by atoms with Crippen LogP contribution in [0.2, 0.25) is 0 Å². The molecular formula is C64H120N24O17. The van der Waals surface area contributed by atoms with Gasteiger partial charge in [0.15, 0.2) is 23.9 Å². The molecule has 34 N–H and O–H groups in total. The highest BCUT2D eigenvalue weighted by molar-refractivity contribution is 6.00. The minimum absolute atomic E-state index is 0.0479. The van der Waals surface area contributed by atoms with Crippen LogP contribution in [-0.2, 0) is 67.1 Å². The van der Waals surface area contributed by atoms with Crippen LogP contribution in [0, 0.1) is 39.9 Å². The molecule has 0 saturated carbocycles. The molecule has 0 aliphatic heterocycles. The molecule has 105 heavy (non-hydrogen) atoms. The summed E-state index contributed by atoms with van der Waals surface area (Å²) in [5.41, 5.74) is 39.0. The predicted molar refractivity (Wildman–Crippen MR) is 386 cm³/mol. The van der Waals surface area contributed by atoms with E-state index in [1.54, 1.807) is 41.5 Å². The molecule has 0 aliphatic rings. The Bertz CT molecular complexity index is 2910. The maximum Gasteiger partial charge on any atom is 0.328 e. The molecule has 598 valence electrons. The molecule has 0 bridgehead atoms. The summed E-state index contributed by atoms with van der Waals surface area (Å²) in [6.07, 6.45) is -2.13. The zero-order valence-corrected chi connectivity index (χ0v) is 61.8. The van der Waals surface area contributed by atoms with Crippen molar-refractivity contribution in [1.29, 1.82) is 16.2 Å². The summed E-state index contributed by atoms with van der Waals surface area (Å²) in [6.45, 7) is 13.7. The van der Waals surface area contributed by atoms with E-state index in [9.17, 15) is 82.4 Å². The monoisotopic (exact) mass is 1500 g/mol. The van der Waals surface area contributed by atoms with Gasteiger partial charge in [-0.2, -0.15) is 0 Å². The number of amides is 13. The molecular weight excluding hydrogens is 1380 g/mol. The van der Waals surface area contributed by atoms with Gasteiger partial charge < -0.3 is 130 Å². The molecule has 13 amide bonds. The summed E-state index contributed by atoms with van der Waals surface area (Å²) in [7, 11) is 0. The molecule has 0 unspecified atom stereocenters. The summed E-state index contributed by atoms with van der Waals surface area (Å²) >= 11 is 0. The third kappa shape index (κ3) is 39.6. The average molecular weight is 1500 g/mol. The van der Waals surface area contributed by atoms with E-state index in [4.69, 9.17) is 56.4 Å². The number of hydrogen-bond donors (Lipinski definition) is 27. The fraction of sp³-hybridized carbons (Fsp3) is 0.734. The number of aliphatic carboxylic acids is 1. The average Bonchev–Trinajstić information content (AvgIpc) is 0.853. The van der Waals surface area contributed by atoms with Crippen LogP contribution < -0.4 is 115 Å². The Balaban J connectivity index is 7.09. The summed E-state index contributed by atoms with van der Waals surface area (Å²) in [5.74, 6) is -17.3. The van der Waals surface area contributed by atoms with Crippen molar-refractivity contribution in [2.75, 3.05) is 32.8 Å². The lowest BCUT2D eigenvalue weighted by atomic mass is 9.97. The van der Waals surface area contributed by atoms with Crippen molar-refractivity contribution in [3.63, 3.8) is 0 Å². The van der Waals surface area contributed by atoms with Crippen molar-refractivity contribution >= 4 is 101 Å². The number of carboxylic acid groups (broad SMARTS) is 1. The number of carbonyl (C=O) groups excluding carboxylic acids is 13. The minimum Gasteiger partial charge on any atom is -0.480 e. The molecule has 41 nitrogen and oxygen atoms in total. The van der Waals surface area contributed by atoms with E-state index in [2.05, 4.69) is 74.4 Å². The Morgan fingerprint density at radius 1 is 0.381 bits per heavy atom. The van der Waals surface area contributed by atoms with Crippen molar-refractivity contribution in [1.82, 2.24) is 74.4 Å². The van der Waals surface area contributed by atoms with Gasteiger partial charge in [0.05, 0.1) is 18.8 Å². The quantitative estimate of drug-likeness (QED) is 0.0153. The zero-order chi connectivity index (χ0) is 80.4. The van der Waals surface area contributed by atoms with E-state index in [1.807, 2.05) is 0 Å². The first kappa shape index (κ1) is 95.2. The molecule has 0 aromatic carbocycles. The van der Waals surface area contributed by atoms with Gasteiger partial charge in [0.25, 0.3) is 0 Å². The smallest absolute Gasteiger partial charge is 0.328 e. The molecule has 0 rings (SSSR count). The SMILES string of the molecule is CC[C@H](C)[C@H](NC(=O)[C@H](CO)NC(=O)[C@H](CC(C)C)NC(=O)[C@H](CCC(N)=O)NC(=O)[C@@H](NC(=O)[C@H](CCC(N)=O)NC(=O)[C@H](CC(C)C)NC(=O)[C@H](CCCNC(=N)N)NC(=O)[C@H](CCCCN)NC(=O)[C@@H](N)CCCNC(=N)N)C(C)C)C(=O)N[C@@H](CCCNC(=N)N)C(=O)N[C@H](C(=O)O)[C@@H](C)O. The second-order valence-electron chi connectivity index (χ2n) is 26.9. The van der Waals surface area contributed by atoms with Crippen LogP contribution in [-0.4, -0.2) is 227 Å². The molecule has 0 heterocycles. The van der Waals surface area contributed by atoms with E-state index in [0.717, 1.165) is 6.92 Å². The fourth-order valence-electron chi connectivity index (χ4n) is 10.3. The maximum absolute atomic E-state index is 14.5. The van der Waals surface area contributed by atoms with E-state index in [1.165, 1.54) is 13.8 Å². The molecule has 0 spiro atoms. The van der Waals surface area contributed by atoms with E-state index in [0.29, 0.717) is 19.3 Å². The highest BCUT2D eigenvalue weighted by atomic mass is 16.4. The Morgan fingerprint density at radius 2 is 0.686 bits per heavy atom. The lowest BCUT2D eigenvalue weighted by molar-refractivity contribution is -0.145. The first-order valence-corrected chi connectivity index (χ1v) is 35.2. The van der Waals surface area contributed by atoms with Crippen LogP contribution in [0.5, 0.6) is 0 Å². The van der Waals surface area contributed by atoms with Crippen LogP contribution in [0.25, 0.3) is 0 Å². The zero-order valence-electron chi connectivity index (χ0n) is 61.8. The third-order valence-corrected chi connectivity index (χ3v) is 16.4. The van der Waals surface area contributed by atoms with Crippen LogP contribution in [0.1, 0.15) is 165 Å². The second kappa shape index (κ2) is 50.6. The molecule has 0 radical (unpaired) electrons. The van der Waals surface area contributed by atoms with Crippen molar-refractivity contribution in [2.45, 2.75) is 244 Å². The highest BCUT2D eigenvalue weighted by Crippen LogP contribution is 2.15. The topological polar surface area (TPSA) is 722 Å². The number of guanidine groups is 3. The molecule has 0 aliphatic carbocycles. The van der Waals surface area contributed by atoms with Crippen molar-refractivity contribution < 1.29 is 82.4 Å². The Morgan fingerprint density at radius 3 is 1.03 bits per heavy atom. The van der Waals surface area contributed by atoms with Crippen LogP contribution in [0.15, 0.2) is 0 Å². The van der Waals surface area contributed by atoms with Crippen molar-refractivity contribution in [3.8, 4) is 0 Å². The van der Waals surface area contributed by atoms with Crippen molar-refractivity contribution in [3.05, 3.63) is 0 Å². The number of primary amides is 2. The van der Waals surface area contributed by atoms with Gasteiger partial charge in [-0.1, -0.05) is 61.8 Å². The van der Waals surface area contributed by atoms with Gasteiger partial charge in [-0.3, -0.25) is 78.6 Å². The number of aliphatic hydroxyl groups is 2. The third-order valence-electron chi connectivity index (χ3n) is 16.4. The largest absolute Gasteiger partial charge is 0.480 e. The van der Waals surface area contributed by atoms with Gasteiger partial charge in [-0.05, 0) is 121 Å². The van der Waals surface area contributed by atoms with Gasteiger partial charge in [-0.15, -0.1) is 0 Å².